The molecule has 1 aliphatic carbocycles. The van der Waals surface area contributed by atoms with Crippen LogP contribution in [-0.2, 0) is 9.59 Å². The van der Waals surface area contributed by atoms with Crippen LogP contribution >= 0.6 is 23.1 Å². The van der Waals surface area contributed by atoms with Crippen LogP contribution in [0.15, 0.2) is 4.34 Å². The number of nitrogens with one attached hydrogen (secondary N) is 2. The summed E-state index contributed by atoms with van der Waals surface area (Å²) >= 11 is 2.66. The summed E-state index contributed by atoms with van der Waals surface area (Å²) in [4.78, 5) is 23.6. The van der Waals surface area contributed by atoms with Crippen LogP contribution in [0.2, 0.25) is 0 Å². The highest BCUT2D eigenvalue weighted by Crippen LogP contribution is 2.26. The summed E-state index contributed by atoms with van der Waals surface area (Å²) < 4.78 is 0.695. The molecule has 0 saturated heterocycles. The first-order chi connectivity index (χ1) is 10.6. The molecule has 0 aromatic carbocycles. The van der Waals surface area contributed by atoms with Crippen LogP contribution in [0.1, 0.15) is 46.0 Å². The fraction of sp³-hybridized carbons (Fsp3) is 0.714. The summed E-state index contributed by atoms with van der Waals surface area (Å²) in [6.07, 6.45) is 5.36. The minimum Gasteiger partial charge on any atom is -0.353 e. The van der Waals surface area contributed by atoms with Crippen LogP contribution in [0.4, 0.5) is 5.13 Å². The summed E-state index contributed by atoms with van der Waals surface area (Å²) in [5, 5.41) is 14.2. The lowest BCUT2D eigenvalue weighted by Crippen LogP contribution is -2.33. The number of nitrogens with zero attached hydrogens (tertiary/aromatic N) is 2. The number of carbonyl (C=O) groups excluding carboxylic acids is 2. The van der Waals surface area contributed by atoms with Crippen LogP contribution < -0.4 is 10.6 Å². The standard InChI is InChI=1S/C14H22N4O2S2/c1-3-9(2)12(20)16-13-17-18-14(22-13)21-8-11(19)15-10-6-4-5-7-10/h9-10H,3-8H2,1-2H3,(H,15,19)(H,16,17,20)/t9-/m0/s1. The van der Waals surface area contributed by atoms with Gasteiger partial charge < -0.3 is 10.6 Å². The first-order valence-electron chi connectivity index (χ1n) is 7.65. The van der Waals surface area contributed by atoms with E-state index < -0.39 is 0 Å². The third-order valence-corrected chi connectivity index (χ3v) is 5.72. The normalized spacial score (nSPS) is 16.5. The molecule has 0 spiro atoms. The molecule has 0 aliphatic heterocycles. The smallest absolute Gasteiger partial charge is 0.230 e. The van der Waals surface area contributed by atoms with E-state index in [9.17, 15) is 9.59 Å². The number of carbonyl (C=O) groups is 2. The summed E-state index contributed by atoms with van der Waals surface area (Å²) in [7, 11) is 0. The van der Waals surface area contributed by atoms with E-state index in [0.717, 1.165) is 19.3 Å². The minimum atomic E-state index is -0.0471. The molecular formula is C14H22N4O2S2. The Morgan fingerprint density at radius 3 is 2.77 bits per heavy atom. The molecule has 22 heavy (non-hydrogen) atoms. The van der Waals surface area contributed by atoms with Gasteiger partial charge in [-0.25, -0.2) is 0 Å². The SMILES string of the molecule is CC[C@H](C)C(=O)Nc1nnc(SCC(=O)NC2CCCC2)s1. The van der Waals surface area contributed by atoms with Gasteiger partial charge in [-0.2, -0.15) is 0 Å². The van der Waals surface area contributed by atoms with E-state index in [1.54, 1.807) is 0 Å². The second-order valence-corrected chi connectivity index (χ2v) is 7.71. The van der Waals surface area contributed by atoms with Crippen molar-refractivity contribution < 1.29 is 9.59 Å². The average molecular weight is 342 g/mol. The van der Waals surface area contributed by atoms with Crippen molar-refractivity contribution in [2.45, 2.75) is 56.3 Å². The van der Waals surface area contributed by atoms with Crippen molar-refractivity contribution in [2.75, 3.05) is 11.1 Å². The fourth-order valence-corrected chi connectivity index (χ4v) is 3.77. The second-order valence-electron chi connectivity index (χ2n) is 5.51. The summed E-state index contributed by atoms with van der Waals surface area (Å²) in [5.41, 5.74) is 0. The molecule has 2 N–H and O–H groups in total. The Bertz CT molecular complexity index is 515. The molecule has 6 nitrogen and oxygen atoms in total. The largest absolute Gasteiger partial charge is 0.353 e. The van der Waals surface area contributed by atoms with Gasteiger partial charge in [-0.05, 0) is 19.3 Å². The molecule has 1 heterocycles. The Kier molecular flexibility index (Phi) is 6.63. The molecule has 1 saturated carbocycles. The highest BCUT2D eigenvalue weighted by molar-refractivity contribution is 8.01. The summed E-state index contributed by atoms with van der Waals surface area (Å²) in [5.74, 6) is 0.286. The van der Waals surface area contributed by atoms with Crippen molar-refractivity contribution in [1.82, 2.24) is 15.5 Å². The first kappa shape index (κ1) is 17.2. The Hall–Kier alpha value is -1.15. The monoisotopic (exact) mass is 342 g/mol. The number of aromatic nitrogens is 2. The zero-order valence-electron chi connectivity index (χ0n) is 12.9. The minimum absolute atomic E-state index is 0.0392. The molecular weight excluding hydrogens is 320 g/mol. The van der Waals surface area contributed by atoms with Gasteiger partial charge in [0.25, 0.3) is 0 Å². The summed E-state index contributed by atoms with van der Waals surface area (Å²) in [6, 6.07) is 0.341. The lowest BCUT2D eigenvalue weighted by Gasteiger charge is -2.10. The number of amides is 2. The van der Waals surface area contributed by atoms with Crippen LogP contribution in [0.25, 0.3) is 0 Å². The Balaban J connectivity index is 1.74. The number of rotatable bonds is 7. The predicted molar refractivity (Wildman–Crippen MR) is 89.1 cm³/mol. The molecule has 1 aromatic rings. The van der Waals surface area contributed by atoms with Gasteiger partial charge in [-0.3, -0.25) is 9.59 Å². The second kappa shape index (κ2) is 8.47. The molecule has 122 valence electrons. The highest BCUT2D eigenvalue weighted by Gasteiger charge is 2.18. The maximum Gasteiger partial charge on any atom is 0.230 e. The van der Waals surface area contributed by atoms with Gasteiger partial charge in [-0.1, -0.05) is 49.8 Å². The van der Waals surface area contributed by atoms with E-state index in [2.05, 4.69) is 20.8 Å². The van der Waals surface area contributed by atoms with Crippen molar-refractivity contribution >= 4 is 40.0 Å². The number of anilines is 1. The third-order valence-electron chi connectivity index (χ3n) is 3.74. The van der Waals surface area contributed by atoms with Crippen molar-refractivity contribution in [3.05, 3.63) is 0 Å². The van der Waals surface area contributed by atoms with Crippen LogP contribution in [0, 0.1) is 5.92 Å². The zero-order chi connectivity index (χ0) is 15.9. The Morgan fingerprint density at radius 2 is 2.09 bits per heavy atom. The van der Waals surface area contributed by atoms with Gasteiger partial charge in [-0.15, -0.1) is 10.2 Å². The Morgan fingerprint density at radius 1 is 1.36 bits per heavy atom. The van der Waals surface area contributed by atoms with Crippen LogP contribution in [0.3, 0.4) is 0 Å². The molecule has 2 rings (SSSR count). The molecule has 0 bridgehead atoms. The van der Waals surface area contributed by atoms with E-state index >= 15 is 0 Å². The topological polar surface area (TPSA) is 84.0 Å². The fourth-order valence-electron chi connectivity index (χ4n) is 2.20. The van der Waals surface area contributed by atoms with E-state index in [0.29, 0.717) is 21.3 Å². The molecule has 1 atom stereocenters. The van der Waals surface area contributed by atoms with Gasteiger partial charge >= 0.3 is 0 Å². The van der Waals surface area contributed by atoms with Crippen molar-refractivity contribution in [3.63, 3.8) is 0 Å². The molecule has 0 radical (unpaired) electrons. The van der Waals surface area contributed by atoms with E-state index in [1.165, 1.54) is 35.9 Å². The zero-order valence-corrected chi connectivity index (χ0v) is 14.6. The summed E-state index contributed by atoms with van der Waals surface area (Å²) in [6.45, 7) is 3.84. The van der Waals surface area contributed by atoms with Gasteiger partial charge in [0, 0.05) is 12.0 Å². The average Bonchev–Trinajstić information content (AvgIpc) is 3.16. The molecule has 1 aromatic heterocycles. The van der Waals surface area contributed by atoms with Crippen LogP contribution in [0.5, 0.6) is 0 Å². The lowest BCUT2D eigenvalue weighted by molar-refractivity contribution is -0.120. The van der Waals surface area contributed by atoms with Gasteiger partial charge in [0.1, 0.15) is 0 Å². The predicted octanol–water partition coefficient (Wildman–Crippen LogP) is 2.67. The molecule has 1 aliphatic rings. The van der Waals surface area contributed by atoms with E-state index in [-0.39, 0.29) is 17.7 Å². The maximum absolute atomic E-state index is 11.8. The van der Waals surface area contributed by atoms with Gasteiger partial charge in [0.05, 0.1) is 5.75 Å². The van der Waals surface area contributed by atoms with Crippen molar-refractivity contribution in [3.8, 4) is 0 Å². The molecule has 8 heteroatoms. The molecule has 1 fully saturated rings. The number of hydrogen-bond donors (Lipinski definition) is 2. The third kappa shape index (κ3) is 5.24. The number of hydrogen-bond acceptors (Lipinski definition) is 6. The van der Waals surface area contributed by atoms with E-state index in [1.807, 2.05) is 13.8 Å². The van der Waals surface area contributed by atoms with Crippen molar-refractivity contribution in [2.24, 2.45) is 5.92 Å². The Labute approximate surface area is 138 Å². The number of thioether (sulfide) groups is 1. The van der Waals surface area contributed by atoms with Crippen LogP contribution in [-0.4, -0.2) is 33.8 Å². The maximum atomic E-state index is 11.8. The van der Waals surface area contributed by atoms with E-state index in [4.69, 9.17) is 0 Å². The molecule has 0 unspecified atom stereocenters. The highest BCUT2D eigenvalue weighted by atomic mass is 32.2. The molecule has 2 amide bonds. The van der Waals surface area contributed by atoms with Gasteiger partial charge in [0.2, 0.25) is 16.9 Å². The lowest BCUT2D eigenvalue weighted by atomic mass is 10.1. The van der Waals surface area contributed by atoms with Gasteiger partial charge in [0.15, 0.2) is 4.34 Å². The quantitative estimate of drug-likeness (QED) is 0.588. The first-order valence-corrected chi connectivity index (χ1v) is 9.45. The van der Waals surface area contributed by atoms with Crippen molar-refractivity contribution in [1.29, 1.82) is 0 Å².